The predicted octanol–water partition coefficient (Wildman–Crippen LogP) is 2.96. The first-order valence-corrected chi connectivity index (χ1v) is 9.68. The minimum absolute atomic E-state index is 0.0918. The summed E-state index contributed by atoms with van der Waals surface area (Å²) in [7, 11) is 0. The molecule has 1 aliphatic carbocycles. The van der Waals surface area contributed by atoms with Crippen molar-refractivity contribution in [3.63, 3.8) is 0 Å². The first kappa shape index (κ1) is 17.5. The van der Waals surface area contributed by atoms with Gasteiger partial charge in [-0.3, -0.25) is 19.7 Å². The number of anilines is 1. The number of nitrogens with zero attached hydrogens (tertiary/aromatic N) is 2. The van der Waals surface area contributed by atoms with Crippen molar-refractivity contribution in [3.8, 4) is 0 Å². The third-order valence-electron chi connectivity index (χ3n) is 4.87. The van der Waals surface area contributed by atoms with E-state index in [9.17, 15) is 19.7 Å². The van der Waals surface area contributed by atoms with E-state index in [-0.39, 0.29) is 17.0 Å². The number of H-pyrrole nitrogens is 1. The number of fused-ring (bicyclic) bond motifs is 1. The Morgan fingerprint density at radius 3 is 2.78 bits per heavy atom. The van der Waals surface area contributed by atoms with Gasteiger partial charge < -0.3 is 10.3 Å². The zero-order valence-corrected chi connectivity index (χ0v) is 15.3. The molecule has 27 heavy (non-hydrogen) atoms. The fourth-order valence-corrected chi connectivity index (χ4v) is 4.12. The molecule has 138 valence electrons. The van der Waals surface area contributed by atoms with Crippen molar-refractivity contribution in [1.29, 1.82) is 0 Å². The average Bonchev–Trinajstić information content (AvgIpc) is 2.66. The van der Waals surface area contributed by atoms with Gasteiger partial charge >= 0.3 is 0 Å². The maximum absolute atomic E-state index is 12.8. The Hall–Kier alpha value is -2.94. The van der Waals surface area contributed by atoms with Crippen LogP contribution in [-0.2, 0) is 4.79 Å². The summed E-state index contributed by atoms with van der Waals surface area (Å²) in [4.78, 5) is 43.8. The molecule has 1 aliphatic heterocycles. The number of nitrogens with one attached hydrogen (secondary N) is 2. The fourth-order valence-electron chi connectivity index (χ4n) is 3.75. The number of carbonyl (C=O) groups excluding carboxylic acids is 1. The SMILES string of the molecule is CSc1nc2c(c(=O)[nH]1)C(c1ccccc1[N+](=O)[O-])C1=C(CCCC1=O)N2. The highest BCUT2D eigenvalue weighted by atomic mass is 32.2. The normalized spacial score (nSPS) is 18.6. The zero-order chi connectivity index (χ0) is 19.1. The van der Waals surface area contributed by atoms with Gasteiger partial charge in [0.05, 0.1) is 16.4 Å². The number of hydrogen-bond acceptors (Lipinski definition) is 7. The van der Waals surface area contributed by atoms with Gasteiger partial charge in [-0.15, -0.1) is 0 Å². The molecule has 2 aliphatic rings. The minimum atomic E-state index is -0.808. The number of hydrogen-bond donors (Lipinski definition) is 2. The highest BCUT2D eigenvalue weighted by Crippen LogP contribution is 2.45. The summed E-state index contributed by atoms with van der Waals surface area (Å²) < 4.78 is 0. The molecular formula is C18H16N4O4S. The lowest BCUT2D eigenvalue weighted by Gasteiger charge is -2.32. The third-order valence-corrected chi connectivity index (χ3v) is 5.45. The van der Waals surface area contributed by atoms with Gasteiger partial charge in [-0.1, -0.05) is 30.0 Å². The molecule has 1 unspecified atom stereocenters. The lowest BCUT2D eigenvalue weighted by molar-refractivity contribution is -0.385. The molecule has 1 aromatic heterocycles. The molecule has 2 aromatic rings. The topological polar surface area (TPSA) is 118 Å². The molecule has 0 saturated carbocycles. The zero-order valence-electron chi connectivity index (χ0n) is 14.4. The van der Waals surface area contributed by atoms with Crippen LogP contribution in [0.15, 0.2) is 45.5 Å². The Balaban J connectivity index is 2.04. The number of rotatable bonds is 3. The van der Waals surface area contributed by atoms with E-state index in [0.29, 0.717) is 47.1 Å². The van der Waals surface area contributed by atoms with Crippen LogP contribution in [0.4, 0.5) is 11.5 Å². The van der Waals surface area contributed by atoms with Gasteiger partial charge in [0, 0.05) is 29.3 Å². The number of allylic oxidation sites excluding steroid dienone is 2. The smallest absolute Gasteiger partial charge is 0.273 e. The van der Waals surface area contributed by atoms with E-state index >= 15 is 0 Å². The molecule has 1 atom stereocenters. The lowest BCUT2D eigenvalue weighted by atomic mass is 9.76. The van der Waals surface area contributed by atoms with Crippen LogP contribution in [0, 0.1) is 10.1 Å². The quantitative estimate of drug-likeness (QED) is 0.361. The number of thioether (sulfide) groups is 1. The third kappa shape index (κ3) is 2.84. The van der Waals surface area contributed by atoms with Gasteiger partial charge in [0.1, 0.15) is 5.82 Å². The van der Waals surface area contributed by atoms with Crippen LogP contribution in [0.1, 0.15) is 36.3 Å². The van der Waals surface area contributed by atoms with E-state index in [1.54, 1.807) is 24.5 Å². The summed E-state index contributed by atoms with van der Waals surface area (Å²) in [6, 6.07) is 6.24. The van der Waals surface area contributed by atoms with Crippen LogP contribution in [0.3, 0.4) is 0 Å². The number of aromatic nitrogens is 2. The number of aromatic amines is 1. The number of para-hydroxylation sites is 1. The minimum Gasteiger partial charge on any atom is -0.343 e. The Bertz CT molecular complexity index is 1060. The van der Waals surface area contributed by atoms with Crippen molar-refractivity contribution >= 4 is 29.1 Å². The molecule has 2 heterocycles. The number of benzene rings is 1. The molecule has 8 nitrogen and oxygen atoms in total. The van der Waals surface area contributed by atoms with Gasteiger partial charge in [-0.25, -0.2) is 4.98 Å². The van der Waals surface area contributed by atoms with E-state index in [0.717, 1.165) is 0 Å². The second-order valence-corrected chi connectivity index (χ2v) is 7.18. The van der Waals surface area contributed by atoms with E-state index in [4.69, 9.17) is 0 Å². The monoisotopic (exact) mass is 384 g/mol. The largest absolute Gasteiger partial charge is 0.343 e. The molecule has 0 spiro atoms. The molecule has 2 N–H and O–H groups in total. The number of nitro groups is 1. The maximum atomic E-state index is 12.8. The van der Waals surface area contributed by atoms with Gasteiger partial charge in [0.15, 0.2) is 10.9 Å². The predicted molar refractivity (Wildman–Crippen MR) is 101 cm³/mol. The van der Waals surface area contributed by atoms with Gasteiger partial charge in [-0.2, -0.15) is 0 Å². The summed E-state index contributed by atoms with van der Waals surface area (Å²) >= 11 is 1.29. The van der Waals surface area contributed by atoms with Gasteiger partial charge in [0.25, 0.3) is 11.2 Å². The van der Waals surface area contributed by atoms with Crippen LogP contribution in [-0.4, -0.2) is 26.9 Å². The van der Waals surface area contributed by atoms with Crippen molar-refractivity contribution in [2.45, 2.75) is 30.3 Å². The van der Waals surface area contributed by atoms with E-state index in [2.05, 4.69) is 15.3 Å². The van der Waals surface area contributed by atoms with Crippen molar-refractivity contribution in [2.24, 2.45) is 0 Å². The molecule has 0 radical (unpaired) electrons. The summed E-state index contributed by atoms with van der Waals surface area (Å²) in [6.07, 6.45) is 3.49. The van der Waals surface area contributed by atoms with E-state index in [1.165, 1.54) is 17.8 Å². The number of Topliss-reactive ketones (excluding diaryl/α,β-unsaturated/α-hetero) is 1. The molecule has 0 amide bonds. The Labute approximate surface area is 158 Å². The highest BCUT2D eigenvalue weighted by molar-refractivity contribution is 7.98. The number of carbonyl (C=O) groups is 1. The Morgan fingerprint density at radius 1 is 1.26 bits per heavy atom. The highest BCUT2D eigenvalue weighted by Gasteiger charge is 2.40. The van der Waals surface area contributed by atoms with Crippen LogP contribution >= 0.6 is 11.8 Å². The Morgan fingerprint density at radius 2 is 2.04 bits per heavy atom. The molecule has 0 fully saturated rings. The van der Waals surface area contributed by atoms with Crippen molar-refractivity contribution in [2.75, 3.05) is 11.6 Å². The molecule has 0 bridgehead atoms. The number of ketones is 1. The van der Waals surface area contributed by atoms with Gasteiger partial charge in [0.2, 0.25) is 0 Å². The summed E-state index contributed by atoms with van der Waals surface area (Å²) in [5.74, 6) is -0.539. The first-order chi connectivity index (χ1) is 13.0. The first-order valence-electron chi connectivity index (χ1n) is 8.46. The standard InChI is InChI=1S/C18H16N4O4S/c1-27-18-20-16-15(17(24)21-18)13(9-5-2-3-7-11(9)22(25)26)14-10(19-16)6-4-8-12(14)23/h2-3,5,7,13H,4,6,8H2,1H3,(H2,19,20,21,24). The van der Waals surface area contributed by atoms with Crippen LogP contribution in [0.2, 0.25) is 0 Å². The van der Waals surface area contributed by atoms with Crippen molar-refractivity contribution in [1.82, 2.24) is 9.97 Å². The average molecular weight is 384 g/mol. The van der Waals surface area contributed by atoms with Crippen molar-refractivity contribution in [3.05, 3.63) is 67.1 Å². The van der Waals surface area contributed by atoms with E-state index < -0.39 is 16.4 Å². The Kier molecular flexibility index (Phi) is 4.31. The van der Waals surface area contributed by atoms with Crippen LogP contribution in [0.25, 0.3) is 0 Å². The summed E-state index contributed by atoms with van der Waals surface area (Å²) in [6.45, 7) is 0. The summed E-state index contributed by atoms with van der Waals surface area (Å²) in [5.41, 5.74) is 1.20. The fraction of sp³-hybridized carbons (Fsp3) is 0.278. The summed E-state index contributed by atoms with van der Waals surface area (Å²) in [5, 5.41) is 15.2. The van der Waals surface area contributed by atoms with Crippen LogP contribution in [0.5, 0.6) is 0 Å². The maximum Gasteiger partial charge on any atom is 0.273 e. The number of nitro benzene ring substituents is 1. The van der Waals surface area contributed by atoms with Crippen LogP contribution < -0.4 is 10.9 Å². The molecular weight excluding hydrogens is 368 g/mol. The van der Waals surface area contributed by atoms with E-state index in [1.807, 2.05) is 0 Å². The second-order valence-electron chi connectivity index (χ2n) is 6.38. The lowest BCUT2D eigenvalue weighted by Crippen LogP contribution is -2.33. The van der Waals surface area contributed by atoms with Gasteiger partial charge in [-0.05, 0) is 19.1 Å². The molecule has 9 heteroatoms. The molecule has 4 rings (SSSR count). The molecule has 1 aromatic carbocycles. The second kappa shape index (κ2) is 6.66. The molecule has 0 saturated heterocycles. The van der Waals surface area contributed by atoms with Crippen molar-refractivity contribution < 1.29 is 9.72 Å².